The van der Waals surface area contributed by atoms with Crippen LogP contribution in [0.3, 0.4) is 0 Å². The van der Waals surface area contributed by atoms with Gasteiger partial charge < -0.3 is 14.2 Å². The Labute approximate surface area is 152 Å². The van der Waals surface area contributed by atoms with Crippen LogP contribution in [0.2, 0.25) is 0 Å². The predicted molar refractivity (Wildman–Crippen MR) is 98.4 cm³/mol. The zero-order chi connectivity index (χ0) is 19.3. The van der Waals surface area contributed by atoms with Crippen LogP contribution in [-0.2, 0) is 5.41 Å². The summed E-state index contributed by atoms with van der Waals surface area (Å²) in [5.41, 5.74) is 4.09. The highest BCUT2D eigenvalue weighted by molar-refractivity contribution is 5.93. The van der Waals surface area contributed by atoms with E-state index in [9.17, 15) is 4.79 Å². The minimum absolute atomic E-state index is 0.123. The van der Waals surface area contributed by atoms with E-state index in [0.717, 1.165) is 5.69 Å². The summed E-state index contributed by atoms with van der Waals surface area (Å²) in [6.07, 6.45) is 1.47. The molecule has 0 aliphatic carbocycles. The van der Waals surface area contributed by atoms with Gasteiger partial charge in [-0.05, 0) is 12.1 Å². The molecule has 0 unspecified atom stereocenters. The Morgan fingerprint density at radius 2 is 1.69 bits per heavy atom. The molecule has 2 rings (SSSR count). The minimum Gasteiger partial charge on any atom is -0.496 e. The van der Waals surface area contributed by atoms with Crippen LogP contribution in [0.25, 0.3) is 0 Å². The number of H-pyrrole nitrogens is 1. The topological polar surface area (TPSA) is 97.8 Å². The van der Waals surface area contributed by atoms with Gasteiger partial charge in [-0.1, -0.05) is 20.8 Å². The first-order valence-electron chi connectivity index (χ1n) is 7.99. The van der Waals surface area contributed by atoms with Gasteiger partial charge in [-0.3, -0.25) is 9.89 Å². The molecule has 0 saturated carbocycles. The number of hydrazone groups is 1. The number of ether oxygens (including phenoxy) is 3. The molecule has 0 bridgehead atoms. The van der Waals surface area contributed by atoms with Crippen molar-refractivity contribution in [1.82, 2.24) is 15.6 Å². The molecule has 0 spiro atoms. The zero-order valence-electron chi connectivity index (χ0n) is 15.8. The number of carbonyl (C=O) groups excluding carboxylic acids is 1. The average Bonchev–Trinajstić information content (AvgIpc) is 3.11. The molecule has 140 valence electrons. The van der Waals surface area contributed by atoms with Gasteiger partial charge in [-0.2, -0.15) is 10.2 Å². The van der Waals surface area contributed by atoms with E-state index in [1.165, 1.54) is 20.4 Å². The monoisotopic (exact) mass is 360 g/mol. The molecule has 0 aliphatic rings. The number of amides is 1. The first kappa shape index (κ1) is 19.3. The number of benzene rings is 1. The summed E-state index contributed by atoms with van der Waals surface area (Å²) < 4.78 is 15.8. The van der Waals surface area contributed by atoms with Gasteiger partial charge in [-0.15, -0.1) is 0 Å². The number of aromatic amines is 1. The van der Waals surface area contributed by atoms with E-state index in [1.807, 2.05) is 20.8 Å². The van der Waals surface area contributed by atoms with Crippen LogP contribution in [-0.4, -0.2) is 43.6 Å². The van der Waals surface area contributed by atoms with Crippen molar-refractivity contribution in [1.29, 1.82) is 0 Å². The van der Waals surface area contributed by atoms with Gasteiger partial charge in [-0.25, -0.2) is 5.43 Å². The second-order valence-electron chi connectivity index (χ2n) is 6.57. The number of nitrogens with one attached hydrogen (secondary N) is 2. The van der Waals surface area contributed by atoms with Gasteiger partial charge in [0.15, 0.2) is 17.2 Å². The van der Waals surface area contributed by atoms with E-state index in [0.29, 0.717) is 22.8 Å². The van der Waals surface area contributed by atoms with Crippen molar-refractivity contribution in [2.24, 2.45) is 5.10 Å². The first-order chi connectivity index (χ1) is 12.3. The Kier molecular flexibility index (Phi) is 5.86. The van der Waals surface area contributed by atoms with Gasteiger partial charge in [0.2, 0.25) is 0 Å². The highest BCUT2D eigenvalue weighted by Crippen LogP contribution is 2.33. The second-order valence-corrected chi connectivity index (χ2v) is 6.57. The average molecular weight is 360 g/mol. The highest BCUT2D eigenvalue weighted by atomic mass is 16.5. The lowest BCUT2D eigenvalue weighted by Crippen LogP contribution is -2.18. The number of aromatic nitrogens is 2. The SMILES string of the molecule is COc1cc(OC)c(OC)cc1/C=N\NC(=O)c1cc(C(C)(C)C)[nH]n1. The van der Waals surface area contributed by atoms with Crippen molar-refractivity contribution < 1.29 is 19.0 Å². The van der Waals surface area contributed by atoms with Gasteiger partial charge >= 0.3 is 0 Å². The molecule has 1 heterocycles. The largest absolute Gasteiger partial charge is 0.496 e. The van der Waals surface area contributed by atoms with E-state index in [4.69, 9.17) is 14.2 Å². The molecule has 2 N–H and O–H groups in total. The van der Waals surface area contributed by atoms with Crippen molar-refractivity contribution in [3.63, 3.8) is 0 Å². The maximum Gasteiger partial charge on any atom is 0.291 e. The third-order valence-electron chi connectivity index (χ3n) is 3.72. The molecule has 0 fully saturated rings. The van der Waals surface area contributed by atoms with Gasteiger partial charge in [0.1, 0.15) is 5.75 Å². The van der Waals surface area contributed by atoms with Crippen molar-refractivity contribution in [2.45, 2.75) is 26.2 Å². The van der Waals surface area contributed by atoms with E-state index < -0.39 is 5.91 Å². The molecular formula is C18H24N4O4. The summed E-state index contributed by atoms with van der Waals surface area (Å²) in [4.78, 5) is 12.2. The lowest BCUT2D eigenvalue weighted by molar-refractivity contribution is 0.0950. The lowest BCUT2D eigenvalue weighted by atomic mass is 9.92. The summed E-state index contributed by atoms with van der Waals surface area (Å²) in [6, 6.07) is 5.10. The number of hydrogen-bond acceptors (Lipinski definition) is 6. The summed E-state index contributed by atoms with van der Waals surface area (Å²) in [7, 11) is 4.62. The van der Waals surface area contributed by atoms with Gasteiger partial charge in [0.25, 0.3) is 5.91 Å². The standard InChI is InChI=1S/C18H24N4O4/c1-18(2,3)16-8-12(20-21-16)17(23)22-19-10-11-7-14(25-5)15(26-6)9-13(11)24-4/h7-10H,1-6H3,(H,20,21)(H,22,23)/b19-10-. The quantitative estimate of drug-likeness (QED) is 0.609. The van der Waals surface area contributed by atoms with Crippen LogP contribution in [0.4, 0.5) is 0 Å². The Morgan fingerprint density at radius 3 is 2.23 bits per heavy atom. The van der Waals surface area contributed by atoms with Gasteiger partial charge in [0.05, 0.1) is 27.5 Å². The Hall–Kier alpha value is -3.03. The number of carbonyl (C=O) groups is 1. The number of methoxy groups -OCH3 is 3. The molecule has 0 saturated heterocycles. The van der Waals surface area contributed by atoms with Crippen LogP contribution in [0.5, 0.6) is 17.2 Å². The molecule has 1 amide bonds. The van der Waals surface area contributed by atoms with Crippen molar-refractivity contribution >= 4 is 12.1 Å². The van der Waals surface area contributed by atoms with E-state index in [1.54, 1.807) is 25.3 Å². The molecule has 0 atom stereocenters. The summed E-state index contributed by atoms with van der Waals surface area (Å²) in [6.45, 7) is 6.09. The molecule has 8 nitrogen and oxygen atoms in total. The maximum absolute atomic E-state index is 12.2. The van der Waals surface area contributed by atoms with E-state index in [2.05, 4.69) is 20.7 Å². The first-order valence-corrected chi connectivity index (χ1v) is 7.99. The highest BCUT2D eigenvalue weighted by Gasteiger charge is 2.19. The van der Waals surface area contributed by atoms with Crippen LogP contribution < -0.4 is 19.6 Å². The Bertz CT molecular complexity index is 806. The van der Waals surface area contributed by atoms with E-state index in [-0.39, 0.29) is 11.1 Å². The third-order valence-corrected chi connectivity index (χ3v) is 3.72. The number of nitrogens with zero attached hydrogens (tertiary/aromatic N) is 2. The zero-order valence-corrected chi connectivity index (χ0v) is 15.8. The molecule has 0 aliphatic heterocycles. The maximum atomic E-state index is 12.2. The van der Waals surface area contributed by atoms with Crippen molar-refractivity contribution in [3.05, 3.63) is 35.2 Å². The molecule has 1 aromatic heterocycles. The number of hydrogen-bond donors (Lipinski definition) is 2. The van der Waals surface area contributed by atoms with Gasteiger partial charge in [0, 0.05) is 22.7 Å². The fraction of sp³-hybridized carbons (Fsp3) is 0.389. The molecule has 26 heavy (non-hydrogen) atoms. The predicted octanol–water partition coefficient (Wildman–Crippen LogP) is 2.50. The fourth-order valence-electron chi connectivity index (χ4n) is 2.19. The van der Waals surface area contributed by atoms with Crippen molar-refractivity contribution in [3.8, 4) is 17.2 Å². The Balaban J connectivity index is 2.15. The second kappa shape index (κ2) is 7.90. The molecule has 0 radical (unpaired) electrons. The normalized spacial score (nSPS) is 11.5. The number of rotatable bonds is 6. The van der Waals surface area contributed by atoms with Crippen LogP contribution >= 0.6 is 0 Å². The smallest absolute Gasteiger partial charge is 0.291 e. The molecule has 8 heteroatoms. The summed E-state index contributed by atoms with van der Waals surface area (Å²) in [5.74, 6) is 1.20. The lowest BCUT2D eigenvalue weighted by Gasteiger charge is -2.14. The third kappa shape index (κ3) is 4.33. The minimum atomic E-state index is -0.410. The van der Waals surface area contributed by atoms with Crippen molar-refractivity contribution in [2.75, 3.05) is 21.3 Å². The van der Waals surface area contributed by atoms with Crippen LogP contribution in [0.15, 0.2) is 23.3 Å². The fourth-order valence-corrected chi connectivity index (χ4v) is 2.19. The molecular weight excluding hydrogens is 336 g/mol. The summed E-state index contributed by atoms with van der Waals surface area (Å²) in [5, 5.41) is 10.9. The Morgan fingerprint density at radius 1 is 1.08 bits per heavy atom. The molecule has 1 aromatic carbocycles. The van der Waals surface area contributed by atoms with Crippen LogP contribution in [0.1, 0.15) is 42.5 Å². The van der Waals surface area contributed by atoms with Crippen LogP contribution in [0, 0.1) is 0 Å². The summed E-state index contributed by atoms with van der Waals surface area (Å²) >= 11 is 0. The van der Waals surface area contributed by atoms with E-state index >= 15 is 0 Å². The molecule has 2 aromatic rings.